The van der Waals surface area contributed by atoms with Crippen molar-refractivity contribution in [1.29, 1.82) is 0 Å². The van der Waals surface area contributed by atoms with Crippen LogP contribution in [0.5, 0.6) is 0 Å². The van der Waals surface area contributed by atoms with Crippen molar-refractivity contribution in [2.45, 2.75) is 52.5 Å². The van der Waals surface area contributed by atoms with Gasteiger partial charge >= 0.3 is 0 Å². The molecule has 1 N–H and O–H groups in total. The Labute approximate surface area is 159 Å². The van der Waals surface area contributed by atoms with Gasteiger partial charge in [-0.25, -0.2) is 9.97 Å². The number of benzene rings is 1. The van der Waals surface area contributed by atoms with Crippen LogP contribution in [0.4, 0.5) is 11.5 Å². The summed E-state index contributed by atoms with van der Waals surface area (Å²) in [6.07, 6.45) is 4.65. The lowest BCUT2D eigenvalue weighted by atomic mass is 10.00. The predicted molar refractivity (Wildman–Crippen MR) is 106 cm³/mol. The Morgan fingerprint density at radius 1 is 1.31 bits per heavy atom. The van der Waals surface area contributed by atoms with Crippen LogP contribution in [-0.2, 0) is 0 Å². The van der Waals surface area contributed by atoms with Crippen molar-refractivity contribution in [3.8, 4) is 0 Å². The summed E-state index contributed by atoms with van der Waals surface area (Å²) in [5.74, 6) is 1.21. The Bertz CT molecular complexity index is 808. The molecule has 138 valence electrons. The van der Waals surface area contributed by atoms with Crippen LogP contribution < -0.4 is 10.2 Å². The van der Waals surface area contributed by atoms with Crippen LogP contribution in [0.2, 0.25) is 5.02 Å². The van der Waals surface area contributed by atoms with E-state index in [0.29, 0.717) is 28.3 Å². The molecule has 6 heteroatoms. The van der Waals surface area contributed by atoms with Gasteiger partial charge in [0, 0.05) is 29.4 Å². The van der Waals surface area contributed by atoms with Gasteiger partial charge in [-0.15, -0.1) is 0 Å². The molecule has 0 spiro atoms. The Morgan fingerprint density at radius 3 is 2.88 bits per heavy atom. The molecule has 2 aromatic rings. The summed E-state index contributed by atoms with van der Waals surface area (Å²) in [4.78, 5) is 24.0. The number of aromatic nitrogens is 2. The number of rotatable bonds is 4. The quantitative estimate of drug-likeness (QED) is 0.839. The second-order valence-corrected chi connectivity index (χ2v) is 7.18. The zero-order valence-corrected chi connectivity index (χ0v) is 16.3. The molecular weight excluding hydrogens is 348 g/mol. The first-order chi connectivity index (χ1) is 12.5. The second kappa shape index (κ2) is 8.04. The summed E-state index contributed by atoms with van der Waals surface area (Å²) < 4.78 is 0. The van der Waals surface area contributed by atoms with Crippen LogP contribution in [0.3, 0.4) is 0 Å². The van der Waals surface area contributed by atoms with Gasteiger partial charge in [0.1, 0.15) is 17.3 Å². The minimum atomic E-state index is -0.243. The number of halogens is 1. The van der Waals surface area contributed by atoms with Crippen molar-refractivity contribution < 1.29 is 4.79 Å². The van der Waals surface area contributed by atoms with Gasteiger partial charge in [-0.3, -0.25) is 4.79 Å². The van der Waals surface area contributed by atoms with E-state index in [4.69, 9.17) is 11.6 Å². The van der Waals surface area contributed by atoms with Gasteiger partial charge < -0.3 is 10.2 Å². The Morgan fingerprint density at radius 2 is 2.12 bits per heavy atom. The van der Waals surface area contributed by atoms with Gasteiger partial charge in [0.25, 0.3) is 5.91 Å². The summed E-state index contributed by atoms with van der Waals surface area (Å²) in [6, 6.07) is 7.74. The zero-order chi connectivity index (χ0) is 18.7. The molecule has 2 heterocycles. The fraction of sp³-hybridized carbons (Fsp3) is 0.450. The average molecular weight is 373 g/mol. The van der Waals surface area contributed by atoms with Crippen molar-refractivity contribution in [2.24, 2.45) is 0 Å². The van der Waals surface area contributed by atoms with Gasteiger partial charge in [0.15, 0.2) is 0 Å². The highest BCUT2D eigenvalue weighted by Crippen LogP contribution is 2.26. The number of nitrogens with zero attached hydrogens (tertiary/aromatic N) is 3. The standard InChI is InChI=1S/C20H25ClN4O/c1-4-15-8-5-6-11-25(15)19-12-18(22-14(3)23-19)20(26)24-17-10-7-9-16(21)13(17)2/h7,9-10,12,15H,4-6,8,11H2,1-3H3,(H,24,26). The number of amides is 1. The molecule has 1 aliphatic heterocycles. The number of hydrogen-bond acceptors (Lipinski definition) is 4. The maximum Gasteiger partial charge on any atom is 0.274 e. The summed E-state index contributed by atoms with van der Waals surface area (Å²) in [5.41, 5.74) is 1.92. The van der Waals surface area contributed by atoms with E-state index in [0.717, 1.165) is 30.8 Å². The molecule has 1 unspecified atom stereocenters. The van der Waals surface area contributed by atoms with E-state index >= 15 is 0 Å². The SMILES string of the molecule is CCC1CCCCN1c1cc(C(=O)Nc2cccc(Cl)c2C)nc(C)n1. The van der Waals surface area contributed by atoms with Gasteiger partial charge in [-0.05, 0) is 57.2 Å². The summed E-state index contributed by atoms with van der Waals surface area (Å²) in [7, 11) is 0. The van der Waals surface area contributed by atoms with Crippen LogP contribution in [0.25, 0.3) is 0 Å². The van der Waals surface area contributed by atoms with Crippen molar-refractivity contribution in [3.05, 3.63) is 46.4 Å². The molecule has 3 rings (SSSR count). The Hall–Kier alpha value is -2.14. The largest absolute Gasteiger partial charge is 0.354 e. The highest BCUT2D eigenvalue weighted by molar-refractivity contribution is 6.31. The third-order valence-corrected chi connectivity index (χ3v) is 5.38. The average Bonchev–Trinajstić information content (AvgIpc) is 2.64. The summed E-state index contributed by atoms with van der Waals surface area (Å²) in [5, 5.41) is 3.54. The van der Waals surface area contributed by atoms with Crippen LogP contribution in [0.1, 0.15) is 54.5 Å². The normalized spacial score (nSPS) is 17.2. The van der Waals surface area contributed by atoms with E-state index in [1.165, 1.54) is 12.8 Å². The molecule has 5 nitrogen and oxygen atoms in total. The fourth-order valence-electron chi connectivity index (χ4n) is 3.47. The second-order valence-electron chi connectivity index (χ2n) is 6.78. The number of piperidine rings is 1. The predicted octanol–water partition coefficient (Wildman–Crippen LogP) is 4.77. The molecule has 1 saturated heterocycles. The maximum atomic E-state index is 12.8. The molecule has 0 aliphatic carbocycles. The van der Waals surface area contributed by atoms with E-state index in [9.17, 15) is 4.79 Å². The van der Waals surface area contributed by atoms with Gasteiger partial charge in [0.2, 0.25) is 0 Å². The first-order valence-electron chi connectivity index (χ1n) is 9.18. The van der Waals surface area contributed by atoms with Gasteiger partial charge in [0.05, 0.1) is 0 Å². The maximum absolute atomic E-state index is 12.8. The van der Waals surface area contributed by atoms with E-state index in [-0.39, 0.29) is 5.91 Å². The van der Waals surface area contributed by atoms with Crippen LogP contribution in [-0.4, -0.2) is 28.5 Å². The first kappa shape index (κ1) is 18.6. The lowest BCUT2D eigenvalue weighted by Gasteiger charge is -2.36. The lowest BCUT2D eigenvalue weighted by Crippen LogP contribution is -2.40. The van der Waals surface area contributed by atoms with Gasteiger partial charge in [-0.1, -0.05) is 24.6 Å². The third kappa shape index (κ3) is 3.98. The van der Waals surface area contributed by atoms with E-state index < -0.39 is 0 Å². The highest BCUT2D eigenvalue weighted by Gasteiger charge is 2.23. The number of carbonyl (C=O) groups is 1. The summed E-state index contributed by atoms with van der Waals surface area (Å²) >= 11 is 6.14. The van der Waals surface area contributed by atoms with Crippen molar-refractivity contribution >= 4 is 29.0 Å². The topological polar surface area (TPSA) is 58.1 Å². The monoisotopic (exact) mass is 372 g/mol. The first-order valence-corrected chi connectivity index (χ1v) is 9.56. The van der Waals surface area contributed by atoms with E-state index in [2.05, 4.69) is 27.1 Å². The van der Waals surface area contributed by atoms with E-state index in [1.54, 1.807) is 12.1 Å². The van der Waals surface area contributed by atoms with Crippen LogP contribution in [0, 0.1) is 13.8 Å². The molecule has 26 heavy (non-hydrogen) atoms. The lowest BCUT2D eigenvalue weighted by molar-refractivity contribution is 0.102. The van der Waals surface area contributed by atoms with Crippen molar-refractivity contribution in [2.75, 3.05) is 16.8 Å². The number of nitrogens with one attached hydrogen (secondary N) is 1. The van der Waals surface area contributed by atoms with Crippen LogP contribution in [0.15, 0.2) is 24.3 Å². The number of anilines is 2. The fourth-order valence-corrected chi connectivity index (χ4v) is 3.65. The summed E-state index contributed by atoms with van der Waals surface area (Å²) in [6.45, 7) is 6.89. The molecule has 0 radical (unpaired) electrons. The molecule has 0 bridgehead atoms. The van der Waals surface area contributed by atoms with Crippen molar-refractivity contribution in [1.82, 2.24) is 9.97 Å². The third-order valence-electron chi connectivity index (χ3n) is 4.97. The minimum absolute atomic E-state index is 0.243. The smallest absolute Gasteiger partial charge is 0.274 e. The molecule has 1 aliphatic rings. The number of hydrogen-bond donors (Lipinski definition) is 1. The zero-order valence-electron chi connectivity index (χ0n) is 15.6. The number of carbonyl (C=O) groups excluding carboxylic acids is 1. The number of aryl methyl sites for hydroxylation is 1. The molecule has 0 saturated carbocycles. The molecule has 1 aromatic carbocycles. The molecular formula is C20H25ClN4O. The Kier molecular flexibility index (Phi) is 5.77. The van der Waals surface area contributed by atoms with Gasteiger partial charge in [-0.2, -0.15) is 0 Å². The van der Waals surface area contributed by atoms with E-state index in [1.807, 2.05) is 26.0 Å². The highest BCUT2D eigenvalue weighted by atomic mass is 35.5. The molecule has 1 amide bonds. The van der Waals surface area contributed by atoms with Crippen molar-refractivity contribution in [3.63, 3.8) is 0 Å². The Balaban J connectivity index is 1.87. The molecule has 1 atom stereocenters. The van der Waals surface area contributed by atoms with Crippen LogP contribution >= 0.6 is 11.6 Å². The molecule has 1 aromatic heterocycles. The minimum Gasteiger partial charge on any atom is -0.354 e. The molecule has 1 fully saturated rings.